The third kappa shape index (κ3) is 12.9. The highest BCUT2D eigenvalue weighted by Crippen LogP contribution is 2.24. The Morgan fingerprint density at radius 2 is 1.25 bits per heavy atom. The first-order valence-electron chi connectivity index (χ1n) is 7.80. The summed E-state index contributed by atoms with van der Waals surface area (Å²) in [6, 6.07) is 0. The molecular weight excluding hydrogens is 295 g/mol. The highest BCUT2D eigenvalue weighted by atomic mass is 35.5. The van der Waals surface area contributed by atoms with Gasteiger partial charge in [0.15, 0.2) is 0 Å². The molecule has 0 bridgehead atoms. The van der Waals surface area contributed by atoms with E-state index in [0.29, 0.717) is 24.7 Å². The van der Waals surface area contributed by atoms with Crippen molar-refractivity contribution in [3.63, 3.8) is 0 Å². The summed E-state index contributed by atoms with van der Waals surface area (Å²) in [4.78, 5) is 21.4. The summed E-state index contributed by atoms with van der Waals surface area (Å²) in [6.45, 7) is 4.43. The van der Waals surface area contributed by atoms with Gasteiger partial charge < -0.3 is 0 Å². The average molecular weight is 323 g/mol. The molecule has 0 aromatic rings. The van der Waals surface area contributed by atoms with Crippen molar-refractivity contribution in [2.75, 3.05) is 0 Å². The van der Waals surface area contributed by atoms with Gasteiger partial charge in [-0.05, 0) is 47.9 Å². The Morgan fingerprint density at radius 1 is 0.750 bits per heavy atom. The van der Waals surface area contributed by atoms with Crippen LogP contribution in [0.4, 0.5) is 0 Å². The quantitative estimate of drug-likeness (QED) is 0.322. The molecular formula is C16H28Cl2O2. The molecule has 0 aliphatic carbocycles. The third-order valence-electron chi connectivity index (χ3n) is 3.85. The highest BCUT2D eigenvalue weighted by Gasteiger charge is 2.14. The lowest BCUT2D eigenvalue weighted by Crippen LogP contribution is -2.10. The fourth-order valence-corrected chi connectivity index (χ4v) is 2.73. The van der Waals surface area contributed by atoms with Crippen LogP contribution in [-0.4, -0.2) is 10.5 Å². The number of hydrogen-bond donors (Lipinski definition) is 0. The zero-order valence-corrected chi connectivity index (χ0v) is 14.3. The summed E-state index contributed by atoms with van der Waals surface area (Å²) in [7, 11) is 0. The monoisotopic (exact) mass is 322 g/mol. The zero-order chi connectivity index (χ0) is 15.4. The summed E-state index contributed by atoms with van der Waals surface area (Å²) in [5, 5.41) is -0.442. The molecule has 2 nitrogen and oxygen atoms in total. The fourth-order valence-electron chi connectivity index (χ4n) is 2.49. The maximum absolute atomic E-state index is 10.8. The molecule has 0 aromatic carbocycles. The summed E-state index contributed by atoms with van der Waals surface area (Å²) in [6.07, 6.45) is 9.94. The van der Waals surface area contributed by atoms with Gasteiger partial charge in [0.2, 0.25) is 10.5 Å². The predicted octanol–water partition coefficient (Wildman–Crippen LogP) is 5.69. The van der Waals surface area contributed by atoms with Gasteiger partial charge in [-0.15, -0.1) is 0 Å². The second-order valence-corrected chi connectivity index (χ2v) is 6.76. The maximum atomic E-state index is 10.8. The van der Waals surface area contributed by atoms with Gasteiger partial charge in [0.25, 0.3) is 0 Å². The minimum absolute atomic E-state index is 0.218. The number of unbranched alkanes of at least 4 members (excludes halogenated alkanes) is 5. The first kappa shape index (κ1) is 19.9. The smallest absolute Gasteiger partial charge is 0.221 e. The van der Waals surface area contributed by atoms with Gasteiger partial charge in [0.1, 0.15) is 0 Å². The van der Waals surface area contributed by atoms with Crippen LogP contribution in [0.1, 0.15) is 78.1 Å². The van der Waals surface area contributed by atoms with Crippen molar-refractivity contribution >= 4 is 33.7 Å². The molecule has 0 rings (SSSR count). The van der Waals surface area contributed by atoms with Crippen molar-refractivity contribution in [2.24, 2.45) is 11.8 Å². The SMILES string of the molecule is CC(C)C(CCCCCCCCC(=O)Cl)CCC(=O)Cl. The zero-order valence-electron chi connectivity index (χ0n) is 12.8. The fraction of sp³-hybridized carbons (Fsp3) is 0.875. The van der Waals surface area contributed by atoms with Gasteiger partial charge in [-0.3, -0.25) is 9.59 Å². The van der Waals surface area contributed by atoms with E-state index < -0.39 is 0 Å². The molecule has 0 saturated carbocycles. The van der Waals surface area contributed by atoms with Crippen LogP contribution in [0.3, 0.4) is 0 Å². The van der Waals surface area contributed by atoms with E-state index in [4.69, 9.17) is 23.2 Å². The van der Waals surface area contributed by atoms with Gasteiger partial charge in [-0.25, -0.2) is 0 Å². The van der Waals surface area contributed by atoms with Crippen molar-refractivity contribution in [1.29, 1.82) is 0 Å². The van der Waals surface area contributed by atoms with Gasteiger partial charge in [0.05, 0.1) is 0 Å². The molecule has 0 aromatic heterocycles. The Morgan fingerprint density at radius 3 is 1.75 bits per heavy atom. The standard InChI is InChI=1S/C16H28Cl2O2/c1-13(2)14(11-12-16(18)20)9-7-5-3-4-6-8-10-15(17)19/h13-14H,3-12H2,1-2H3. The van der Waals surface area contributed by atoms with Gasteiger partial charge >= 0.3 is 0 Å². The van der Waals surface area contributed by atoms with Gasteiger partial charge in [-0.2, -0.15) is 0 Å². The molecule has 118 valence electrons. The Bertz CT molecular complexity index is 278. The van der Waals surface area contributed by atoms with Crippen LogP contribution >= 0.6 is 23.2 Å². The summed E-state index contributed by atoms with van der Waals surface area (Å²) in [5.41, 5.74) is 0. The molecule has 0 heterocycles. The maximum Gasteiger partial charge on any atom is 0.221 e. The van der Waals surface area contributed by atoms with Crippen LogP contribution in [0, 0.1) is 11.8 Å². The lowest BCUT2D eigenvalue weighted by molar-refractivity contribution is -0.112. The van der Waals surface area contributed by atoms with Crippen molar-refractivity contribution in [3.8, 4) is 0 Å². The topological polar surface area (TPSA) is 34.1 Å². The van der Waals surface area contributed by atoms with E-state index in [2.05, 4.69) is 13.8 Å². The van der Waals surface area contributed by atoms with Crippen LogP contribution in [0.5, 0.6) is 0 Å². The van der Waals surface area contributed by atoms with Gasteiger partial charge in [-0.1, -0.05) is 52.4 Å². The minimum Gasteiger partial charge on any atom is -0.281 e. The van der Waals surface area contributed by atoms with E-state index in [1.54, 1.807) is 0 Å². The average Bonchev–Trinajstić information content (AvgIpc) is 2.34. The number of carbonyl (C=O) groups excluding carboxylic acids is 2. The molecule has 0 N–H and O–H groups in total. The molecule has 0 aliphatic heterocycles. The molecule has 20 heavy (non-hydrogen) atoms. The largest absolute Gasteiger partial charge is 0.281 e. The van der Waals surface area contributed by atoms with E-state index in [0.717, 1.165) is 19.3 Å². The number of halogens is 2. The molecule has 4 heteroatoms. The number of carbonyl (C=O) groups is 2. The van der Waals surface area contributed by atoms with Gasteiger partial charge in [0, 0.05) is 12.8 Å². The van der Waals surface area contributed by atoms with E-state index >= 15 is 0 Å². The predicted molar refractivity (Wildman–Crippen MR) is 86.2 cm³/mol. The number of rotatable bonds is 13. The van der Waals surface area contributed by atoms with E-state index in [-0.39, 0.29) is 10.5 Å². The van der Waals surface area contributed by atoms with Crippen molar-refractivity contribution in [2.45, 2.75) is 78.1 Å². The highest BCUT2D eigenvalue weighted by molar-refractivity contribution is 6.63. The lowest BCUT2D eigenvalue weighted by Gasteiger charge is -2.20. The Labute approximate surface area is 133 Å². The molecule has 0 spiro atoms. The van der Waals surface area contributed by atoms with Crippen LogP contribution < -0.4 is 0 Å². The van der Waals surface area contributed by atoms with Crippen molar-refractivity contribution in [1.82, 2.24) is 0 Å². The normalized spacial score (nSPS) is 12.7. The van der Waals surface area contributed by atoms with Crippen molar-refractivity contribution < 1.29 is 9.59 Å². The molecule has 0 saturated heterocycles. The molecule has 0 aliphatic rings. The Balaban J connectivity index is 3.53. The molecule has 1 atom stereocenters. The lowest BCUT2D eigenvalue weighted by atomic mass is 9.86. The molecule has 0 fully saturated rings. The Kier molecular flexibility index (Phi) is 12.6. The second-order valence-electron chi connectivity index (χ2n) is 5.91. The summed E-state index contributed by atoms with van der Waals surface area (Å²) >= 11 is 10.7. The third-order valence-corrected chi connectivity index (χ3v) is 4.23. The van der Waals surface area contributed by atoms with Crippen LogP contribution in [0.2, 0.25) is 0 Å². The van der Waals surface area contributed by atoms with E-state index in [1.807, 2.05) is 0 Å². The van der Waals surface area contributed by atoms with E-state index in [1.165, 1.54) is 32.1 Å². The summed E-state index contributed by atoms with van der Waals surface area (Å²) < 4.78 is 0. The Hall–Kier alpha value is -0.0800. The first-order chi connectivity index (χ1) is 9.43. The van der Waals surface area contributed by atoms with Crippen LogP contribution in [-0.2, 0) is 9.59 Å². The molecule has 0 amide bonds. The van der Waals surface area contributed by atoms with Crippen molar-refractivity contribution in [3.05, 3.63) is 0 Å². The number of hydrogen-bond acceptors (Lipinski definition) is 2. The second kappa shape index (κ2) is 12.6. The minimum atomic E-state index is -0.224. The first-order valence-corrected chi connectivity index (χ1v) is 8.55. The molecule has 0 radical (unpaired) electrons. The van der Waals surface area contributed by atoms with E-state index in [9.17, 15) is 9.59 Å². The summed E-state index contributed by atoms with van der Waals surface area (Å²) in [5.74, 6) is 1.22. The van der Waals surface area contributed by atoms with Crippen LogP contribution in [0.25, 0.3) is 0 Å². The van der Waals surface area contributed by atoms with Crippen LogP contribution in [0.15, 0.2) is 0 Å². The molecule has 1 unspecified atom stereocenters.